The minimum atomic E-state index is -0.00478. The Morgan fingerprint density at radius 1 is 0.950 bits per heavy atom. The molecule has 0 aliphatic rings. The van der Waals surface area contributed by atoms with E-state index in [1.54, 1.807) is 0 Å². The zero-order valence-electron chi connectivity index (χ0n) is 12.5. The molecule has 0 amide bonds. The predicted octanol–water partition coefficient (Wildman–Crippen LogP) is 4.77. The van der Waals surface area contributed by atoms with Gasteiger partial charge in [0.1, 0.15) is 5.82 Å². The summed E-state index contributed by atoms with van der Waals surface area (Å²) in [7, 11) is 0. The molecule has 102 valence electrons. The first-order valence-electron chi connectivity index (χ1n) is 7.02. The third kappa shape index (κ3) is 2.11. The molecule has 3 rings (SSSR count). The van der Waals surface area contributed by atoms with Crippen LogP contribution in [0.2, 0.25) is 0 Å². The Hall–Kier alpha value is -2.09. The van der Waals surface area contributed by atoms with Gasteiger partial charge in [-0.2, -0.15) is 0 Å². The first-order valence-corrected chi connectivity index (χ1v) is 7.02. The summed E-state index contributed by atoms with van der Waals surface area (Å²) >= 11 is 0. The molecule has 0 N–H and O–H groups in total. The minimum absolute atomic E-state index is 0.00478. The van der Waals surface area contributed by atoms with Crippen LogP contribution in [0.25, 0.3) is 22.4 Å². The molecule has 0 radical (unpaired) electrons. The van der Waals surface area contributed by atoms with Gasteiger partial charge in [-0.3, -0.25) is 0 Å². The third-order valence-electron chi connectivity index (χ3n) is 3.51. The van der Waals surface area contributed by atoms with Crippen molar-refractivity contribution in [1.29, 1.82) is 0 Å². The van der Waals surface area contributed by atoms with Gasteiger partial charge in [0.2, 0.25) is 0 Å². The van der Waals surface area contributed by atoms with Crippen molar-refractivity contribution < 1.29 is 0 Å². The van der Waals surface area contributed by atoms with Crippen molar-refractivity contribution in [3.05, 3.63) is 54.1 Å². The molecule has 0 fully saturated rings. The lowest BCUT2D eigenvalue weighted by atomic mass is 10.1. The average molecular weight is 264 g/mol. The highest BCUT2D eigenvalue weighted by atomic mass is 15.1. The van der Waals surface area contributed by atoms with E-state index in [-0.39, 0.29) is 5.54 Å². The smallest absolute Gasteiger partial charge is 0.141 e. The number of aromatic nitrogens is 2. The van der Waals surface area contributed by atoms with Gasteiger partial charge in [-0.1, -0.05) is 36.4 Å². The molecule has 0 aliphatic heterocycles. The second-order valence-corrected chi connectivity index (χ2v) is 6.30. The molecular formula is C18H20N2. The number of nitrogens with zero attached hydrogens (tertiary/aromatic N) is 2. The van der Waals surface area contributed by atoms with E-state index in [9.17, 15) is 0 Å². The van der Waals surface area contributed by atoms with E-state index in [0.29, 0.717) is 0 Å². The van der Waals surface area contributed by atoms with E-state index >= 15 is 0 Å². The fourth-order valence-electron chi connectivity index (χ4n) is 2.65. The van der Waals surface area contributed by atoms with Gasteiger partial charge >= 0.3 is 0 Å². The summed E-state index contributed by atoms with van der Waals surface area (Å²) in [5.41, 5.74) is 4.67. The van der Waals surface area contributed by atoms with Crippen molar-refractivity contribution in [2.24, 2.45) is 0 Å². The standard InChI is InChI=1S/C18H20N2/c1-13-10-11-16-15(12-13)19-17(20(16)18(2,3)4)14-8-6-5-7-9-14/h5-12H,1-4H3. The molecule has 0 atom stereocenters. The number of rotatable bonds is 1. The van der Waals surface area contributed by atoms with E-state index in [2.05, 4.69) is 74.7 Å². The van der Waals surface area contributed by atoms with Gasteiger partial charge in [-0.15, -0.1) is 0 Å². The van der Waals surface area contributed by atoms with Crippen molar-refractivity contribution in [3.8, 4) is 11.4 Å². The van der Waals surface area contributed by atoms with Crippen LogP contribution in [0.4, 0.5) is 0 Å². The van der Waals surface area contributed by atoms with Crippen LogP contribution >= 0.6 is 0 Å². The van der Waals surface area contributed by atoms with Crippen molar-refractivity contribution in [2.75, 3.05) is 0 Å². The summed E-state index contributed by atoms with van der Waals surface area (Å²) < 4.78 is 2.33. The highest BCUT2D eigenvalue weighted by Gasteiger charge is 2.22. The van der Waals surface area contributed by atoms with E-state index in [4.69, 9.17) is 4.98 Å². The molecule has 0 aliphatic carbocycles. The summed E-state index contributed by atoms with van der Waals surface area (Å²) in [5.74, 6) is 1.04. The Kier molecular flexibility index (Phi) is 2.89. The number of imidazole rings is 1. The quantitative estimate of drug-likeness (QED) is 0.619. The van der Waals surface area contributed by atoms with Crippen molar-refractivity contribution >= 4 is 11.0 Å². The first-order chi connectivity index (χ1) is 9.47. The summed E-state index contributed by atoms with van der Waals surface area (Å²) in [5, 5.41) is 0. The zero-order chi connectivity index (χ0) is 14.3. The number of benzene rings is 2. The Bertz CT molecular complexity index is 746. The number of aryl methyl sites for hydroxylation is 1. The maximum atomic E-state index is 4.87. The molecule has 20 heavy (non-hydrogen) atoms. The lowest BCUT2D eigenvalue weighted by molar-refractivity contribution is 0.413. The topological polar surface area (TPSA) is 17.8 Å². The van der Waals surface area contributed by atoms with Gasteiger partial charge < -0.3 is 4.57 Å². The van der Waals surface area contributed by atoms with Gasteiger partial charge in [0.15, 0.2) is 0 Å². The van der Waals surface area contributed by atoms with Gasteiger partial charge in [0, 0.05) is 11.1 Å². The van der Waals surface area contributed by atoms with Crippen molar-refractivity contribution in [3.63, 3.8) is 0 Å². The van der Waals surface area contributed by atoms with E-state index in [0.717, 1.165) is 16.9 Å². The van der Waals surface area contributed by atoms with Crippen LogP contribution in [-0.2, 0) is 5.54 Å². The number of hydrogen-bond donors (Lipinski definition) is 0. The highest BCUT2D eigenvalue weighted by molar-refractivity contribution is 5.81. The van der Waals surface area contributed by atoms with Gasteiger partial charge in [0.25, 0.3) is 0 Å². The molecule has 0 spiro atoms. The molecule has 2 aromatic carbocycles. The third-order valence-corrected chi connectivity index (χ3v) is 3.51. The maximum absolute atomic E-state index is 4.87. The van der Waals surface area contributed by atoms with Crippen LogP contribution in [0.15, 0.2) is 48.5 Å². The van der Waals surface area contributed by atoms with E-state index in [1.807, 2.05) is 6.07 Å². The predicted molar refractivity (Wildman–Crippen MR) is 84.9 cm³/mol. The maximum Gasteiger partial charge on any atom is 0.141 e. The van der Waals surface area contributed by atoms with Gasteiger partial charge in [-0.25, -0.2) is 4.98 Å². The molecule has 1 aromatic heterocycles. The van der Waals surface area contributed by atoms with E-state index in [1.165, 1.54) is 11.1 Å². The first kappa shape index (κ1) is 12.9. The van der Waals surface area contributed by atoms with Crippen LogP contribution in [0.3, 0.4) is 0 Å². The van der Waals surface area contributed by atoms with Gasteiger partial charge in [0.05, 0.1) is 11.0 Å². The normalized spacial score (nSPS) is 12.0. The lowest BCUT2D eigenvalue weighted by Crippen LogP contribution is -2.22. The molecule has 0 unspecified atom stereocenters. The summed E-state index contributed by atoms with van der Waals surface area (Å²) in [6.45, 7) is 8.78. The van der Waals surface area contributed by atoms with E-state index < -0.39 is 0 Å². The SMILES string of the molecule is Cc1ccc2c(c1)nc(-c1ccccc1)n2C(C)(C)C. The van der Waals surface area contributed by atoms with Crippen LogP contribution in [0, 0.1) is 6.92 Å². The summed E-state index contributed by atoms with van der Waals surface area (Å²) in [6.07, 6.45) is 0. The fraction of sp³-hybridized carbons (Fsp3) is 0.278. The molecule has 1 heterocycles. The zero-order valence-corrected chi connectivity index (χ0v) is 12.5. The Morgan fingerprint density at radius 3 is 2.30 bits per heavy atom. The number of hydrogen-bond acceptors (Lipinski definition) is 1. The van der Waals surface area contributed by atoms with Crippen LogP contribution in [-0.4, -0.2) is 9.55 Å². The molecular weight excluding hydrogens is 244 g/mol. The molecule has 2 nitrogen and oxygen atoms in total. The molecule has 2 heteroatoms. The fourth-order valence-corrected chi connectivity index (χ4v) is 2.65. The summed E-state index contributed by atoms with van der Waals surface area (Å²) in [4.78, 5) is 4.87. The Balaban J connectivity index is 2.36. The summed E-state index contributed by atoms with van der Waals surface area (Å²) in [6, 6.07) is 16.9. The molecule has 0 saturated carbocycles. The highest BCUT2D eigenvalue weighted by Crippen LogP contribution is 2.31. The van der Waals surface area contributed by atoms with Crippen LogP contribution in [0.1, 0.15) is 26.3 Å². The minimum Gasteiger partial charge on any atom is -0.319 e. The molecule has 0 bridgehead atoms. The largest absolute Gasteiger partial charge is 0.319 e. The van der Waals surface area contributed by atoms with Gasteiger partial charge in [-0.05, 0) is 45.4 Å². The average Bonchev–Trinajstić information content (AvgIpc) is 2.78. The molecule has 0 saturated heterocycles. The van der Waals surface area contributed by atoms with Crippen molar-refractivity contribution in [1.82, 2.24) is 9.55 Å². The monoisotopic (exact) mass is 264 g/mol. The lowest BCUT2D eigenvalue weighted by Gasteiger charge is -2.24. The molecule has 3 aromatic rings. The van der Waals surface area contributed by atoms with Crippen LogP contribution < -0.4 is 0 Å². The Labute approximate surface area is 120 Å². The second-order valence-electron chi connectivity index (χ2n) is 6.30. The van der Waals surface area contributed by atoms with Crippen molar-refractivity contribution in [2.45, 2.75) is 33.2 Å². The number of fused-ring (bicyclic) bond motifs is 1. The Morgan fingerprint density at radius 2 is 1.65 bits per heavy atom. The second kappa shape index (κ2) is 4.48. The van der Waals surface area contributed by atoms with Crippen LogP contribution in [0.5, 0.6) is 0 Å².